The molecule has 0 spiro atoms. The van der Waals surface area contributed by atoms with Gasteiger partial charge in [-0.3, -0.25) is 19.7 Å². The molecule has 1 aromatic carbocycles. The van der Waals surface area contributed by atoms with E-state index in [0.717, 1.165) is 11.6 Å². The second kappa shape index (κ2) is 6.45. The summed E-state index contributed by atoms with van der Waals surface area (Å²) in [5, 5.41) is 13.6. The van der Waals surface area contributed by atoms with Crippen molar-refractivity contribution in [3.63, 3.8) is 0 Å². The number of hydrogen-bond acceptors (Lipinski definition) is 4. The molecule has 126 valence electrons. The predicted molar refractivity (Wildman–Crippen MR) is 92.5 cm³/mol. The third-order valence-corrected chi connectivity index (χ3v) is 4.17. The van der Waals surface area contributed by atoms with E-state index in [2.05, 4.69) is 10.3 Å². The molecule has 1 aliphatic heterocycles. The lowest BCUT2D eigenvalue weighted by Gasteiger charge is -2.25. The Kier molecular flexibility index (Phi) is 4.33. The van der Waals surface area contributed by atoms with E-state index in [-0.39, 0.29) is 28.1 Å². The van der Waals surface area contributed by atoms with E-state index in [0.29, 0.717) is 11.4 Å². The van der Waals surface area contributed by atoms with Crippen molar-refractivity contribution in [3.8, 4) is 0 Å². The molecule has 0 saturated heterocycles. The smallest absolute Gasteiger partial charge is 0.279 e. The quantitative estimate of drug-likeness (QED) is 0.649. The van der Waals surface area contributed by atoms with Gasteiger partial charge in [0, 0.05) is 29.8 Å². The van der Waals surface area contributed by atoms with Crippen LogP contribution in [0.3, 0.4) is 0 Å². The highest BCUT2D eigenvalue weighted by atomic mass is 35.5. The van der Waals surface area contributed by atoms with Crippen LogP contribution in [0.15, 0.2) is 58.8 Å². The average molecular weight is 358 g/mol. The third kappa shape index (κ3) is 3.41. The van der Waals surface area contributed by atoms with Crippen molar-refractivity contribution in [1.29, 1.82) is 0 Å². The van der Waals surface area contributed by atoms with Gasteiger partial charge in [-0.1, -0.05) is 23.3 Å². The zero-order valence-corrected chi connectivity index (χ0v) is 13.8. The maximum absolute atomic E-state index is 12.3. The van der Waals surface area contributed by atoms with E-state index in [1.807, 2.05) is 13.0 Å². The molecule has 1 aliphatic carbocycles. The van der Waals surface area contributed by atoms with Crippen molar-refractivity contribution >= 4 is 34.8 Å². The van der Waals surface area contributed by atoms with Gasteiger partial charge in [0.1, 0.15) is 0 Å². The number of rotatable bonds is 2. The normalized spacial score (nSPS) is 20.5. The van der Waals surface area contributed by atoms with Gasteiger partial charge in [-0.25, -0.2) is 4.99 Å². The molecule has 1 heterocycles. The number of benzene rings is 1. The molecule has 0 aromatic heterocycles. The first-order chi connectivity index (χ1) is 11.8. The van der Waals surface area contributed by atoms with Crippen molar-refractivity contribution in [1.82, 2.24) is 5.32 Å². The Morgan fingerprint density at radius 3 is 2.84 bits per heavy atom. The maximum Gasteiger partial charge on any atom is 0.279 e. The summed E-state index contributed by atoms with van der Waals surface area (Å²) in [4.78, 5) is 38.1. The molecule has 0 radical (unpaired) electrons. The zero-order chi connectivity index (χ0) is 18.1. The van der Waals surface area contributed by atoms with Gasteiger partial charge in [0.2, 0.25) is 5.91 Å². The second-order valence-corrected chi connectivity index (χ2v) is 5.98. The largest absolute Gasteiger partial charge is 0.325 e. The van der Waals surface area contributed by atoms with Crippen LogP contribution in [-0.2, 0) is 4.79 Å². The molecule has 2 aliphatic rings. The van der Waals surface area contributed by atoms with Gasteiger partial charge in [0.15, 0.2) is 0 Å². The standard InChI is InChI=1S/C17H12ClN3O4/c1-9-6-16(22)20-15-7-10(2-4-12(9)15)19-17(23)13-8-11(21(24)25)3-5-14(13)18/h2-8,12H,1H3,(H,20,22). The Morgan fingerprint density at radius 1 is 1.36 bits per heavy atom. The number of fused-ring (bicyclic) bond motifs is 1. The van der Waals surface area contributed by atoms with Gasteiger partial charge in [0.05, 0.1) is 21.2 Å². The molecule has 3 rings (SSSR count). The Labute approximate surface area is 147 Å². The van der Waals surface area contributed by atoms with E-state index >= 15 is 0 Å². The zero-order valence-electron chi connectivity index (χ0n) is 13.0. The molecule has 8 heteroatoms. The van der Waals surface area contributed by atoms with Gasteiger partial charge < -0.3 is 5.32 Å². The highest BCUT2D eigenvalue weighted by molar-refractivity contribution is 6.34. The first-order valence-electron chi connectivity index (χ1n) is 7.31. The topological polar surface area (TPSA) is 102 Å². The van der Waals surface area contributed by atoms with E-state index in [1.165, 1.54) is 18.2 Å². The Balaban J connectivity index is 1.92. The summed E-state index contributed by atoms with van der Waals surface area (Å²) in [6.07, 6.45) is 6.60. The van der Waals surface area contributed by atoms with Crippen molar-refractivity contribution in [3.05, 3.63) is 74.5 Å². The number of nitrogens with zero attached hydrogens (tertiary/aromatic N) is 2. The third-order valence-electron chi connectivity index (χ3n) is 3.84. The summed E-state index contributed by atoms with van der Waals surface area (Å²) in [6.45, 7) is 1.84. The number of carbonyl (C=O) groups excluding carboxylic acids is 2. The average Bonchev–Trinajstić information content (AvgIpc) is 2.54. The van der Waals surface area contributed by atoms with E-state index < -0.39 is 10.8 Å². The van der Waals surface area contributed by atoms with E-state index in [4.69, 9.17) is 11.6 Å². The monoisotopic (exact) mass is 357 g/mol. The second-order valence-electron chi connectivity index (χ2n) is 5.58. The van der Waals surface area contributed by atoms with Crippen LogP contribution in [0.4, 0.5) is 5.69 Å². The molecule has 7 nitrogen and oxygen atoms in total. The van der Waals surface area contributed by atoms with Gasteiger partial charge in [-0.15, -0.1) is 0 Å². The summed E-state index contributed by atoms with van der Waals surface area (Å²) in [5.41, 5.74) is 1.54. The van der Waals surface area contributed by atoms with Crippen molar-refractivity contribution in [2.24, 2.45) is 10.9 Å². The minimum absolute atomic E-state index is 0.0546. The molecule has 2 amide bonds. The number of allylic oxidation sites excluding steroid dienone is 3. The van der Waals surface area contributed by atoms with E-state index in [1.54, 1.807) is 12.2 Å². The number of nitrogens with one attached hydrogen (secondary N) is 1. The number of carbonyl (C=O) groups is 2. The van der Waals surface area contributed by atoms with Crippen molar-refractivity contribution < 1.29 is 14.5 Å². The van der Waals surface area contributed by atoms with Crippen LogP contribution < -0.4 is 5.32 Å². The van der Waals surface area contributed by atoms with Crippen molar-refractivity contribution in [2.75, 3.05) is 0 Å². The predicted octanol–water partition coefficient (Wildman–Crippen LogP) is 2.98. The molecule has 1 aromatic rings. The number of non-ortho nitro benzene ring substituents is 1. The molecule has 25 heavy (non-hydrogen) atoms. The van der Waals surface area contributed by atoms with Crippen molar-refractivity contribution in [2.45, 2.75) is 6.92 Å². The van der Waals surface area contributed by atoms with Gasteiger partial charge in [-0.05, 0) is 25.1 Å². The van der Waals surface area contributed by atoms with Gasteiger partial charge in [0.25, 0.3) is 11.6 Å². The number of nitro benzene ring substituents is 1. The minimum Gasteiger partial charge on any atom is -0.325 e. The number of amides is 2. The molecule has 0 fully saturated rings. The molecular formula is C17H12ClN3O4. The van der Waals surface area contributed by atoms with Crippen LogP contribution in [0.1, 0.15) is 17.3 Å². The molecular weight excluding hydrogens is 346 g/mol. The summed E-state index contributed by atoms with van der Waals surface area (Å²) in [7, 11) is 0. The van der Waals surface area contributed by atoms with E-state index in [9.17, 15) is 19.7 Å². The maximum atomic E-state index is 12.3. The summed E-state index contributed by atoms with van der Waals surface area (Å²) in [5.74, 6) is -0.992. The highest BCUT2D eigenvalue weighted by Crippen LogP contribution is 2.27. The fourth-order valence-electron chi connectivity index (χ4n) is 2.62. The fourth-order valence-corrected chi connectivity index (χ4v) is 2.82. The SMILES string of the molecule is CC1=CC(=O)NC2=CC(=NC(=O)c3cc([N+](=O)[O-])ccc3Cl)C=CC12. The first kappa shape index (κ1) is 16.8. The van der Waals surface area contributed by atoms with Crippen LogP contribution in [0, 0.1) is 16.0 Å². The number of hydrogen-bond donors (Lipinski definition) is 1. The Morgan fingerprint density at radius 2 is 2.12 bits per heavy atom. The minimum atomic E-state index is -0.696. The lowest BCUT2D eigenvalue weighted by Crippen LogP contribution is -2.32. The molecule has 1 atom stereocenters. The van der Waals surface area contributed by atoms with Crippen LogP contribution in [0.2, 0.25) is 5.02 Å². The number of nitro groups is 1. The summed E-state index contributed by atoms with van der Waals surface area (Å²) in [6, 6.07) is 3.59. The number of aliphatic imine (C=N–C) groups is 1. The summed E-state index contributed by atoms with van der Waals surface area (Å²) < 4.78 is 0. The Bertz CT molecular complexity index is 928. The van der Waals surface area contributed by atoms with Crippen LogP contribution >= 0.6 is 11.6 Å². The molecule has 0 bridgehead atoms. The Hall–Kier alpha value is -3.06. The van der Waals surface area contributed by atoms with Crippen LogP contribution in [0.25, 0.3) is 0 Å². The highest BCUT2D eigenvalue weighted by Gasteiger charge is 2.24. The molecule has 0 saturated carbocycles. The lowest BCUT2D eigenvalue weighted by molar-refractivity contribution is -0.384. The summed E-state index contributed by atoms with van der Waals surface area (Å²) >= 11 is 5.95. The van der Waals surface area contributed by atoms with Gasteiger partial charge in [-0.2, -0.15) is 0 Å². The molecule has 1 unspecified atom stereocenters. The van der Waals surface area contributed by atoms with Crippen LogP contribution in [-0.4, -0.2) is 22.4 Å². The van der Waals surface area contributed by atoms with Gasteiger partial charge >= 0.3 is 0 Å². The first-order valence-corrected chi connectivity index (χ1v) is 7.69. The lowest BCUT2D eigenvalue weighted by atomic mass is 9.89. The molecule has 1 N–H and O–H groups in total. The number of halogens is 1. The fraction of sp³-hybridized carbons (Fsp3) is 0.118. The van der Waals surface area contributed by atoms with Crippen LogP contribution in [0.5, 0.6) is 0 Å².